The van der Waals surface area contributed by atoms with Crippen molar-refractivity contribution in [3.63, 3.8) is 0 Å². The molecule has 1 aromatic carbocycles. The lowest BCUT2D eigenvalue weighted by molar-refractivity contribution is -0.138. The zero-order valence-electron chi connectivity index (χ0n) is 17.4. The summed E-state index contributed by atoms with van der Waals surface area (Å²) in [5.41, 5.74) is -4.56. The number of rotatable bonds is 3. The van der Waals surface area contributed by atoms with Gasteiger partial charge in [-0.3, -0.25) is 9.59 Å². The molecule has 3 aliphatic rings. The average Bonchev–Trinajstić information content (AvgIpc) is 3.21. The van der Waals surface area contributed by atoms with Gasteiger partial charge in [-0.05, 0) is 39.0 Å². The molecule has 170 valence electrons. The number of carbonyl (C=O) groups is 3. The van der Waals surface area contributed by atoms with Crippen LogP contribution in [-0.2, 0) is 25.2 Å². The van der Waals surface area contributed by atoms with Crippen LogP contribution in [0.25, 0.3) is 0 Å². The minimum atomic E-state index is -4.84. The van der Waals surface area contributed by atoms with Crippen LogP contribution in [0.1, 0.15) is 38.3 Å². The second-order valence-corrected chi connectivity index (χ2v) is 8.53. The van der Waals surface area contributed by atoms with Crippen LogP contribution in [0.2, 0.25) is 0 Å². The number of halogens is 3. The van der Waals surface area contributed by atoms with E-state index >= 15 is 0 Å². The Morgan fingerprint density at radius 1 is 1.31 bits per heavy atom. The van der Waals surface area contributed by atoms with Crippen molar-refractivity contribution < 1.29 is 37.0 Å². The molecular formula is C21H20F3N3O5. The van der Waals surface area contributed by atoms with Crippen LogP contribution in [0.3, 0.4) is 0 Å². The molecule has 3 aliphatic heterocycles. The van der Waals surface area contributed by atoms with E-state index in [4.69, 9.17) is 14.7 Å². The van der Waals surface area contributed by atoms with Crippen LogP contribution < -0.4 is 10.2 Å². The lowest BCUT2D eigenvalue weighted by Gasteiger charge is -2.34. The first-order valence-electron chi connectivity index (χ1n) is 10.0. The number of nitriles is 1. The summed E-state index contributed by atoms with van der Waals surface area (Å²) in [5.74, 6) is -3.37. The van der Waals surface area contributed by atoms with Gasteiger partial charge in [-0.1, -0.05) is 0 Å². The van der Waals surface area contributed by atoms with Gasteiger partial charge in [0.25, 0.3) is 0 Å². The first kappa shape index (κ1) is 22.1. The minimum absolute atomic E-state index is 0.163. The third-order valence-corrected chi connectivity index (χ3v) is 6.52. The van der Waals surface area contributed by atoms with Crippen molar-refractivity contribution in [2.24, 2.45) is 11.8 Å². The van der Waals surface area contributed by atoms with Crippen LogP contribution in [0.4, 0.5) is 23.7 Å². The van der Waals surface area contributed by atoms with Crippen LogP contribution in [0, 0.1) is 23.2 Å². The zero-order valence-corrected chi connectivity index (χ0v) is 17.4. The number of hydrogen-bond donors (Lipinski definition) is 1. The second kappa shape index (κ2) is 6.93. The molecule has 32 heavy (non-hydrogen) atoms. The van der Waals surface area contributed by atoms with Crippen LogP contribution >= 0.6 is 0 Å². The van der Waals surface area contributed by atoms with Gasteiger partial charge in [-0.25, -0.2) is 9.69 Å². The maximum Gasteiger partial charge on any atom is 0.417 e. The van der Waals surface area contributed by atoms with Crippen molar-refractivity contribution in [1.82, 2.24) is 5.32 Å². The molecule has 1 N–H and O–H groups in total. The van der Waals surface area contributed by atoms with Gasteiger partial charge in [0, 0.05) is 13.0 Å². The maximum atomic E-state index is 13.4. The summed E-state index contributed by atoms with van der Waals surface area (Å²) in [6.07, 6.45) is -6.18. The monoisotopic (exact) mass is 451 g/mol. The number of fused-ring (bicyclic) bond motifs is 5. The van der Waals surface area contributed by atoms with E-state index in [0.29, 0.717) is 12.6 Å². The first-order valence-corrected chi connectivity index (χ1v) is 10.0. The highest BCUT2D eigenvalue weighted by atomic mass is 19.4. The van der Waals surface area contributed by atoms with E-state index in [9.17, 15) is 27.6 Å². The Bertz CT molecular complexity index is 1070. The van der Waals surface area contributed by atoms with E-state index in [1.54, 1.807) is 20.8 Å². The molecule has 0 aliphatic carbocycles. The van der Waals surface area contributed by atoms with Gasteiger partial charge < -0.3 is 14.8 Å². The summed E-state index contributed by atoms with van der Waals surface area (Å²) in [4.78, 5) is 39.2. The smallest absolute Gasteiger partial charge is 0.417 e. The van der Waals surface area contributed by atoms with Gasteiger partial charge in [-0.15, -0.1) is 0 Å². The van der Waals surface area contributed by atoms with Gasteiger partial charge in [-0.2, -0.15) is 18.4 Å². The average molecular weight is 451 g/mol. The Morgan fingerprint density at radius 2 is 1.97 bits per heavy atom. The summed E-state index contributed by atoms with van der Waals surface area (Å²) in [7, 11) is 0. The van der Waals surface area contributed by atoms with Crippen molar-refractivity contribution >= 4 is 23.6 Å². The highest BCUT2D eigenvalue weighted by molar-refractivity contribution is 6.23. The summed E-state index contributed by atoms with van der Waals surface area (Å²) in [6, 6.07) is 4.17. The fraction of sp³-hybridized carbons (Fsp3) is 0.524. The lowest BCUT2D eigenvalue weighted by Crippen LogP contribution is -2.51. The first-order chi connectivity index (χ1) is 14.9. The molecule has 0 radical (unpaired) electrons. The molecule has 2 bridgehead atoms. The predicted molar refractivity (Wildman–Crippen MR) is 102 cm³/mol. The number of anilines is 1. The summed E-state index contributed by atoms with van der Waals surface area (Å²) < 4.78 is 51.7. The second-order valence-electron chi connectivity index (χ2n) is 8.53. The Morgan fingerprint density at radius 3 is 2.56 bits per heavy atom. The number of hydrogen-bond acceptors (Lipinski definition) is 6. The number of nitrogens with one attached hydrogen (secondary N) is 1. The van der Waals surface area contributed by atoms with E-state index < -0.39 is 64.4 Å². The minimum Gasteiger partial charge on any atom is -0.443 e. The normalized spacial score (nSPS) is 33.3. The molecule has 3 amide bonds. The number of alkyl carbamates (subject to hydrolysis) is 1. The van der Waals surface area contributed by atoms with Gasteiger partial charge in [0.2, 0.25) is 11.8 Å². The lowest BCUT2D eigenvalue weighted by atomic mass is 9.67. The quantitative estimate of drug-likeness (QED) is 0.708. The van der Waals surface area contributed by atoms with Crippen molar-refractivity contribution in [2.45, 2.75) is 50.7 Å². The molecular weight excluding hydrogens is 431 g/mol. The highest BCUT2D eigenvalue weighted by Gasteiger charge is 2.76. The number of carbonyl (C=O) groups excluding carboxylic acids is 3. The number of amides is 3. The third kappa shape index (κ3) is 2.97. The Kier molecular flexibility index (Phi) is 4.78. The standard InChI is InChI=1S/C21H20F3N3O5/c1-4-26-18(30)31-13-8-19(2)14-15(20(13,3)32-19)17(29)27(16(14)28)11-6-5-10(9-25)12(7-11)21(22,23)24/h5-7,13-15H,4,8H2,1-3H3,(H,26,30)/t13-,14+,15-,19?,20?/m0/s1. The fourth-order valence-electron chi connectivity index (χ4n) is 5.23. The van der Waals surface area contributed by atoms with Crippen molar-refractivity contribution in [2.75, 3.05) is 11.4 Å². The van der Waals surface area contributed by atoms with E-state index in [1.165, 1.54) is 6.07 Å². The Balaban J connectivity index is 1.72. The van der Waals surface area contributed by atoms with E-state index in [1.807, 2.05) is 0 Å². The number of ether oxygens (including phenoxy) is 2. The Labute approximate surface area is 181 Å². The van der Waals surface area contributed by atoms with E-state index in [0.717, 1.165) is 17.0 Å². The largest absolute Gasteiger partial charge is 0.443 e. The molecule has 11 heteroatoms. The van der Waals surface area contributed by atoms with E-state index in [2.05, 4.69) is 5.32 Å². The van der Waals surface area contributed by atoms with Gasteiger partial charge >= 0.3 is 12.3 Å². The summed E-state index contributed by atoms with van der Waals surface area (Å²) in [6.45, 7) is 5.24. The van der Waals surface area contributed by atoms with Gasteiger partial charge in [0.1, 0.15) is 11.7 Å². The van der Waals surface area contributed by atoms with Crippen LogP contribution in [0.5, 0.6) is 0 Å². The van der Waals surface area contributed by atoms with Crippen molar-refractivity contribution in [1.29, 1.82) is 5.26 Å². The number of nitrogens with zero attached hydrogens (tertiary/aromatic N) is 2. The maximum absolute atomic E-state index is 13.4. The molecule has 2 unspecified atom stereocenters. The number of benzene rings is 1. The molecule has 5 atom stereocenters. The molecule has 0 saturated carbocycles. The number of alkyl halides is 3. The molecule has 3 fully saturated rings. The van der Waals surface area contributed by atoms with Gasteiger partial charge in [0.15, 0.2) is 0 Å². The fourth-order valence-corrected chi connectivity index (χ4v) is 5.23. The van der Waals surface area contributed by atoms with Crippen LogP contribution in [-0.4, -0.2) is 41.8 Å². The number of imide groups is 1. The highest BCUT2D eigenvalue weighted by Crippen LogP contribution is 2.61. The molecule has 3 heterocycles. The molecule has 0 aromatic heterocycles. The van der Waals surface area contributed by atoms with Crippen molar-refractivity contribution in [3.05, 3.63) is 29.3 Å². The summed E-state index contributed by atoms with van der Waals surface area (Å²) in [5, 5.41) is 11.5. The topological polar surface area (TPSA) is 109 Å². The molecule has 4 rings (SSSR count). The van der Waals surface area contributed by atoms with Crippen molar-refractivity contribution in [3.8, 4) is 6.07 Å². The zero-order chi connectivity index (χ0) is 23.6. The van der Waals surface area contributed by atoms with Gasteiger partial charge in [0.05, 0.1) is 40.3 Å². The molecule has 0 spiro atoms. The summed E-state index contributed by atoms with van der Waals surface area (Å²) >= 11 is 0. The molecule has 8 nitrogen and oxygen atoms in total. The van der Waals surface area contributed by atoms with Crippen LogP contribution in [0.15, 0.2) is 18.2 Å². The van der Waals surface area contributed by atoms with E-state index in [-0.39, 0.29) is 12.1 Å². The SMILES string of the molecule is CCNC(=O)O[C@H]1CC2(C)OC1(C)[C@@H]1C(=O)N(c3ccc(C#N)c(C(F)(F)F)c3)C(=O)[C@@H]12. The molecule has 3 saturated heterocycles. The third-order valence-electron chi connectivity index (χ3n) is 6.52. The Hall–Kier alpha value is -3.13. The molecule has 1 aromatic rings. The predicted octanol–water partition coefficient (Wildman–Crippen LogP) is 2.75.